The van der Waals surface area contributed by atoms with Gasteiger partial charge in [0.05, 0.1) is 5.60 Å². The lowest BCUT2D eigenvalue weighted by Crippen LogP contribution is -2.33. The van der Waals surface area contributed by atoms with Crippen molar-refractivity contribution in [2.45, 2.75) is 32.3 Å². The van der Waals surface area contributed by atoms with E-state index in [1.165, 1.54) is 0 Å². The number of hydrogen-bond acceptors (Lipinski definition) is 4. The van der Waals surface area contributed by atoms with E-state index in [4.69, 9.17) is 11.6 Å². The molecular weight excluding hydrogens is 278 g/mol. The van der Waals surface area contributed by atoms with Gasteiger partial charge in [-0.3, -0.25) is 4.79 Å². The quantitative estimate of drug-likeness (QED) is 0.836. The molecule has 1 aromatic rings. The number of nitrogens with zero attached hydrogens (tertiary/aromatic N) is 2. The molecule has 2 N–H and O–H groups in total. The monoisotopic (exact) mass is 297 g/mol. The number of pyridine rings is 1. The van der Waals surface area contributed by atoms with Crippen LogP contribution in [0.3, 0.4) is 0 Å². The highest BCUT2D eigenvalue weighted by Crippen LogP contribution is 2.23. The average molecular weight is 298 g/mol. The molecule has 110 valence electrons. The summed E-state index contributed by atoms with van der Waals surface area (Å²) in [5.41, 5.74) is -0.295. The summed E-state index contributed by atoms with van der Waals surface area (Å²) >= 11 is 5.96. The summed E-state index contributed by atoms with van der Waals surface area (Å²) in [6.07, 6.45) is 1.56. The molecule has 6 heteroatoms. The number of amides is 1. The minimum atomic E-state index is -0.796. The molecule has 1 aliphatic rings. The topological polar surface area (TPSA) is 65.5 Å². The molecule has 1 unspecified atom stereocenters. The first-order valence-electron chi connectivity index (χ1n) is 6.84. The van der Waals surface area contributed by atoms with Gasteiger partial charge < -0.3 is 15.3 Å². The Kier molecular flexibility index (Phi) is 4.50. The highest BCUT2D eigenvalue weighted by molar-refractivity contribution is 6.29. The minimum Gasteiger partial charge on any atom is -0.388 e. The Morgan fingerprint density at radius 3 is 2.95 bits per heavy atom. The first-order chi connectivity index (χ1) is 9.41. The van der Waals surface area contributed by atoms with E-state index >= 15 is 0 Å². The summed E-state index contributed by atoms with van der Waals surface area (Å²) in [6.45, 7) is 5.48. The summed E-state index contributed by atoms with van der Waals surface area (Å²) in [7, 11) is 0. The van der Waals surface area contributed by atoms with Crippen molar-refractivity contribution in [3.05, 3.63) is 22.8 Å². The normalized spacial score (nSPS) is 22.1. The molecule has 1 saturated heterocycles. The van der Waals surface area contributed by atoms with Gasteiger partial charge in [0.15, 0.2) is 0 Å². The smallest absolute Gasteiger partial charge is 0.254 e. The molecule has 2 heterocycles. The number of carbonyl (C=O) groups is 1. The van der Waals surface area contributed by atoms with Gasteiger partial charge in [-0.15, -0.1) is 0 Å². The second kappa shape index (κ2) is 5.97. The molecular formula is C14H20ClN3O2. The predicted octanol–water partition coefficient (Wildman–Crippen LogP) is 2.15. The van der Waals surface area contributed by atoms with Crippen LogP contribution in [0.5, 0.6) is 0 Å². The fourth-order valence-corrected chi connectivity index (χ4v) is 2.47. The molecule has 1 atom stereocenters. The van der Waals surface area contributed by atoms with Gasteiger partial charge in [0.25, 0.3) is 5.91 Å². The zero-order valence-electron chi connectivity index (χ0n) is 11.8. The average Bonchev–Trinajstić information content (AvgIpc) is 2.75. The predicted molar refractivity (Wildman–Crippen MR) is 79.2 cm³/mol. The van der Waals surface area contributed by atoms with E-state index in [1.807, 2.05) is 0 Å². The maximum absolute atomic E-state index is 12.4. The summed E-state index contributed by atoms with van der Waals surface area (Å²) in [5.74, 6) is 0.486. The Balaban J connectivity index is 2.15. The zero-order chi connectivity index (χ0) is 14.8. The molecule has 1 aromatic heterocycles. The van der Waals surface area contributed by atoms with Crippen molar-refractivity contribution in [1.82, 2.24) is 9.88 Å². The van der Waals surface area contributed by atoms with Crippen LogP contribution >= 0.6 is 11.6 Å². The third kappa shape index (κ3) is 3.61. The second-order valence-corrected chi connectivity index (χ2v) is 5.85. The summed E-state index contributed by atoms with van der Waals surface area (Å²) in [5, 5.41) is 13.4. The van der Waals surface area contributed by atoms with Crippen LogP contribution < -0.4 is 5.32 Å². The highest BCUT2D eigenvalue weighted by atomic mass is 35.5. The number of hydrogen-bond donors (Lipinski definition) is 2. The minimum absolute atomic E-state index is 0.119. The van der Waals surface area contributed by atoms with Crippen LogP contribution in [0.2, 0.25) is 5.15 Å². The number of carbonyl (C=O) groups excluding carboxylic acids is 1. The number of likely N-dealkylation sites (tertiary alicyclic amines) is 1. The summed E-state index contributed by atoms with van der Waals surface area (Å²) in [4.78, 5) is 18.2. The van der Waals surface area contributed by atoms with Gasteiger partial charge in [-0.05, 0) is 31.9 Å². The molecule has 0 spiro atoms. The Morgan fingerprint density at radius 2 is 2.35 bits per heavy atom. The molecule has 1 fully saturated rings. The van der Waals surface area contributed by atoms with Crippen LogP contribution in [0.1, 0.15) is 37.0 Å². The second-order valence-electron chi connectivity index (χ2n) is 5.46. The first kappa shape index (κ1) is 15.1. The number of β-amino-alcohol motifs (C(OH)–C–C–N with tert-alkyl or cyclic N) is 1. The Morgan fingerprint density at radius 1 is 1.60 bits per heavy atom. The fourth-order valence-electron chi connectivity index (χ4n) is 2.27. The van der Waals surface area contributed by atoms with Crippen LogP contribution in [0.15, 0.2) is 12.1 Å². The zero-order valence-corrected chi connectivity index (χ0v) is 12.6. The summed E-state index contributed by atoms with van der Waals surface area (Å²) < 4.78 is 0. The van der Waals surface area contributed by atoms with E-state index in [0.29, 0.717) is 36.0 Å². The Bertz CT molecular complexity index is 505. The van der Waals surface area contributed by atoms with Crippen molar-refractivity contribution >= 4 is 23.3 Å². The molecule has 2 rings (SSSR count). The van der Waals surface area contributed by atoms with Gasteiger partial charge in [0.1, 0.15) is 11.0 Å². The van der Waals surface area contributed by atoms with E-state index in [-0.39, 0.29) is 5.91 Å². The van der Waals surface area contributed by atoms with Crippen LogP contribution in [-0.4, -0.2) is 46.1 Å². The molecule has 0 radical (unpaired) electrons. The van der Waals surface area contributed by atoms with Crippen molar-refractivity contribution < 1.29 is 9.90 Å². The number of halogens is 1. The van der Waals surface area contributed by atoms with Crippen LogP contribution in [0, 0.1) is 0 Å². The molecule has 0 aliphatic carbocycles. The van der Waals surface area contributed by atoms with Gasteiger partial charge >= 0.3 is 0 Å². The van der Waals surface area contributed by atoms with E-state index in [2.05, 4.69) is 17.2 Å². The Labute approximate surface area is 123 Å². The molecule has 20 heavy (non-hydrogen) atoms. The number of aromatic nitrogens is 1. The molecule has 5 nitrogen and oxygen atoms in total. The van der Waals surface area contributed by atoms with Gasteiger partial charge in [0.2, 0.25) is 0 Å². The van der Waals surface area contributed by atoms with Crippen molar-refractivity contribution in [2.75, 3.05) is 25.0 Å². The van der Waals surface area contributed by atoms with Crippen molar-refractivity contribution in [2.24, 2.45) is 0 Å². The van der Waals surface area contributed by atoms with Crippen LogP contribution in [0.25, 0.3) is 0 Å². The standard InChI is InChI=1S/C14H20ClN3O2/c1-3-5-16-12-8-10(7-11(15)17-12)13(19)18-6-4-14(2,20)9-18/h7-8,20H,3-6,9H2,1-2H3,(H,16,17). The van der Waals surface area contributed by atoms with Crippen molar-refractivity contribution in [3.63, 3.8) is 0 Å². The maximum Gasteiger partial charge on any atom is 0.254 e. The maximum atomic E-state index is 12.4. The summed E-state index contributed by atoms with van der Waals surface area (Å²) in [6, 6.07) is 3.27. The number of aliphatic hydroxyl groups is 1. The van der Waals surface area contributed by atoms with E-state index in [1.54, 1.807) is 24.0 Å². The van der Waals surface area contributed by atoms with Gasteiger partial charge in [0, 0.05) is 25.2 Å². The van der Waals surface area contributed by atoms with E-state index < -0.39 is 5.60 Å². The third-order valence-electron chi connectivity index (χ3n) is 3.34. The fraction of sp³-hybridized carbons (Fsp3) is 0.571. The lowest BCUT2D eigenvalue weighted by Gasteiger charge is -2.19. The first-order valence-corrected chi connectivity index (χ1v) is 7.22. The van der Waals surface area contributed by atoms with Crippen LogP contribution in [0.4, 0.5) is 5.82 Å². The SMILES string of the molecule is CCCNc1cc(C(=O)N2CCC(C)(O)C2)cc(Cl)n1. The van der Waals surface area contributed by atoms with Crippen molar-refractivity contribution in [3.8, 4) is 0 Å². The van der Waals surface area contributed by atoms with Gasteiger partial charge in [-0.1, -0.05) is 18.5 Å². The van der Waals surface area contributed by atoms with E-state index in [0.717, 1.165) is 13.0 Å². The lowest BCUT2D eigenvalue weighted by molar-refractivity contribution is 0.0572. The Hall–Kier alpha value is -1.33. The largest absolute Gasteiger partial charge is 0.388 e. The van der Waals surface area contributed by atoms with Gasteiger partial charge in [-0.2, -0.15) is 0 Å². The third-order valence-corrected chi connectivity index (χ3v) is 3.53. The van der Waals surface area contributed by atoms with E-state index in [9.17, 15) is 9.90 Å². The molecule has 1 aliphatic heterocycles. The molecule has 0 saturated carbocycles. The number of rotatable bonds is 4. The number of anilines is 1. The lowest BCUT2D eigenvalue weighted by atomic mass is 10.1. The molecule has 0 aromatic carbocycles. The number of nitrogens with one attached hydrogen (secondary N) is 1. The van der Waals surface area contributed by atoms with Crippen molar-refractivity contribution in [1.29, 1.82) is 0 Å². The van der Waals surface area contributed by atoms with Gasteiger partial charge in [-0.25, -0.2) is 4.98 Å². The molecule has 0 bridgehead atoms. The van der Waals surface area contributed by atoms with Crippen LogP contribution in [-0.2, 0) is 0 Å². The molecule has 1 amide bonds. The highest BCUT2D eigenvalue weighted by Gasteiger charge is 2.34.